The van der Waals surface area contributed by atoms with Crippen LogP contribution in [0, 0.1) is 11.2 Å². The van der Waals surface area contributed by atoms with Crippen LogP contribution < -0.4 is 10.1 Å². The molecular weight excluding hydrogens is 271 g/mol. The van der Waals surface area contributed by atoms with Crippen LogP contribution in [0.25, 0.3) is 0 Å². The summed E-state index contributed by atoms with van der Waals surface area (Å²) in [5.41, 5.74) is 0.403. The number of benzene rings is 1. The quantitative estimate of drug-likeness (QED) is 0.924. The third kappa shape index (κ3) is 3.35. The molecule has 5 heteroatoms. The maximum absolute atomic E-state index is 13.0. The maximum Gasteiger partial charge on any atom is 0.260 e. The topological polar surface area (TPSA) is 41.6 Å². The van der Waals surface area contributed by atoms with Crippen LogP contribution in [0.5, 0.6) is 5.75 Å². The number of rotatable bonds is 3. The zero-order valence-corrected chi connectivity index (χ0v) is 12.1. The van der Waals surface area contributed by atoms with Crippen molar-refractivity contribution in [3.63, 3.8) is 0 Å². The second-order valence-corrected chi connectivity index (χ2v) is 6.05. The Bertz CT molecular complexity index is 505. The molecule has 2 aliphatic rings. The Balaban J connectivity index is 1.48. The molecule has 1 spiro atoms. The first-order valence-corrected chi connectivity index (χ1v) is 7.54. The second kappa shape index (κ2) is 6.02. The minimum absolute atomic E-state index is 0.0138. The average molecular weight is 292 g/mol. The molecule has 2 aliphatic heterocycles. The van der Waals surface area contributed by atoms with Crippen LogP contribution in [0.3, 0.4) is 0 Å². The molecule has 1 aromatic carbocycles. The van der Waals surface area contributed by atoms with Crippen LogP contribution in [-0.4, -0.2) is 43.6 Å². The van der Waals surface area contributed by atoms with Crippen molar-refractivity contribution >= 4 is 5.91 Å². The van der Waals surface area contributed by atoms with E-state index in [0.717, 1.165) is 39.0 Å². The number of halogens is 1. The SMILES string of the molecule is O=C(COc1cccc(F)c1)N1CCC2(CCNC2)CC1. The summed E-state index contributed by atoms with van der Waals surface area (Å²) in [7, 11) is 0. The molecule has 0 aromatic heterocycles. The van der Waals surface area contributed by atoms with Crippen LogP contribution >= 0.6 is 0 Å². The fourth-order valence-electron chi connectivity index (χ4n) is 3.25. The maximum atomic E-state index is 13.0. The van der Waals surface area contributed by atoms with Crippen molar-refractivity contribution in [1.29, 1.82) is 0 Å². The smallest absolute Gasteiger partial charge is 0.260 e. The Labute approximate surface area is 124 Å². The van der Waals surface area contributed by atoms with Gasteiger partial charge in [0, 0.05) is 25.7 Å². The number of ether oxygens (including phenoxy) is 1. The number of hydrogen-bond acceptors (Lipinski definition) is 3. The molecule has 0 saturated carbocycles. The van der Waals surface area contributed by atoms with E-state index in [1.54, 1.807) is 12.1 Å². The van der Waals surface area contributed by atoms with Crippen molar-refractivity contribution < 1.29 is 13.9 Å². The first-order valence-electron chi connectivity index (χ1n) is 7.54. The minimum atomic E-state index is -0.353. The van der Waals surface area contributed by atoms with Crippen molar-refractivity contribution in [3.05, 3.63) is 30.1 Å². The van der Waals surface area contributed by atoms with Gasteiger partial charge in [-0.15, -0.1) is 0 Å². The molecule has 0 unspecified atom stereocenters. The highest BCUT2D eigenvalue weighted by Crippen LogP contribution is 2.36. The normalized spacial score (nSPS) is 20.7. The summed E-state index contributed by atoms with van der Waals surface area (Å²) < 4.78 is 18.4. The van der Waals surface area contributed by atoms with Crippen LogP contribution in [0.15, 0.2) is 24.3 Å². The van der Waals surface area contributed by atoms with E-state index in [4.69, 9.17) is 4.74 Å². The highest BCUT2D eigenvalue weighted by Gasteiger charge is 2.37. The summed E-state index contributed by atoms with van der Waals surface area (Å²) in [6.45, 7) is 3.75. The predicted octanol–water partition coefficient (Wildman–Crippen LogP) is 1.81. The number of hydrogen-bond donors (Lipinski definition) is 1. The van der Waals surface area contributed by atoms with Gasteiger partial charge in [-0.2, -0.15) is 0 Å². The fraction of sp³-hybridized carbons (Fsp3) is 0.562. The number of nitrogens with one attached hydrogen (secondary N) is 1. The van der Waals surface area contributed by atoms with Crippen LogP contribution in [-0.2, 0) is 4.79 Å². The van der Waals surface area contributed by atoms with E-state index in [2.05, 4.69) is 5.32 Å². The molecule has 1 aromatic rings. The molecule has 1 N–H and O–H groups in total. The molecule has 0 aliphatic carbocycles. The Hall–Kier alpha value is -1.62. The van der Waals surface area contributed by atoms with Gasteiger partial charge in [-0.05, 0) is 43.4 Å². The zero-order chi connectivity index (χ0) is 14.7. The monoisotopic (exact) mass is 292 g/mol. The number of nitrogens with zero attached hydrogens (tertiary/aromatic N) is 1. The van der Waals surface area contributed by atoms with Crippen molar-refractivity contribution in [2.24, 2.45) is 5.41 Å². The molecular formula is C16H21FN2O2. The lowest BCUT2D eigenvalue weighted by atomic mass is 9.78. The fourth-order valence-corrected chi connectivity index (χ4v) is 3.25. The van der Waals surface area contributed by atoms with Gasteiger partial charge in [0.2, 0.25) is 0 Å². The third-order valence-electron chi connectivity index (χ3n) is 4.67. The highest BCUT2D eigenvalue weighted by atomic mass is 19.1. The first kappa shape index (κ1) is 14.3. The number of carbonyl (C=O) groups excluding carboxylic acids is 1. The van der Waals surface area contributed by atoms with E-state index < -0.39 is 0 Å². The molecule has 114 valence electrons. The number of likely N-dealkylation sites (tertiary alicyclic amines) is 1. The molecule has 2 saturated heterocycles. The molecule has 2 heterocycles. The Morgan fingerprint density at radius 2 is 2.14 bits per heavy atom. The summed E-state index contributed by atoms with van der Waals surface area (Å²) in [5.74, 6) is 0.0329. The van der Waals surface area contributed by atoms with Crippen LogP contribution in [0.4, 0.5) is 4.39 Å². The number of amides is 1. The van der Waals surface area contributed by atoms with Gasteiger partial charge in [-0.1, -0.05) is 6.07 Å². The Morgan fingerprint density at radius 1 is 1.33 bits per heavy atom. The van der Waals surface area contributed by atoms with Crippen LogP contribution in [0.2, 0.25) is 0 Å². The largest absolute Gasteiger partial charge is 0.484 e. The predicted molar refractivity (Wildman–Crippen MR) is 77.6 cm³/mol. The van der Waals surface area contributed by atoms with E-state index in [1.807, 2.05) is 4.90 Å². The third-order valence-corrected chi connectivity index (χ3v) is 4.67. The lowest BCUT2D eigenvalue weighted by molar-refractivity contribution is -0.135. The zero-order valence-electron chi connectivity index (χ0n) is 12.1. The van der Waals surface area contributed by atoms with Gasteiger partial charge in [0.15, 0.2) is 6.61 Å². The lowest BCUT2D eigenvalue weighted by Crippen LogP contribution is -2.45. The Morgan fingerprint density at radius 3 is 2.81 bits per heavy atom. The van der Waals surface area contributed by atoms with Crippen molar-refractivity contribution in [2.75, 3.05) is 32.8 Å². The summed E-state index contributed by atoms with van der Waals surface area (Å²) in [5, 5.41) is 3.42. The van der Waals surface area contributed by atoms with Gasteiger partial charge >= 0.3 is 0 Å². The van der Waals surface area contributed by atoms with Gasteiger partial charge in [0.25, 0.3) is 5.91 Å². The highest BCUT2D eigenvalue weighted by molar-refractivity contribution is 5.77. The Kier molecular flexibility index (Phi) is 4.10. The number of piperidine rings is 1. The lowest BCUT2D eigenvalue weighted by Gasteiger charge is -2.38. The van der Waals surface area contributed by atoms with E-state index in [9.17, 15) is 9.18 Å². The molecule has 0 bridgehead atoms. The van der Waals surface area contributed by atoms with Gasteiger partial charge in [-0.3, -0.25) is 4.79 Å². The van der Waals surface area contributed by atoms with Crippen molar-refractivity contribution in [3.8, 4) is 5.75 Å². The van der Waals surface area contributed by atoms with E-state index >= 15 is 0 Å². The van der Waals surface area contributed by atoms with E-state index in [-0.39, 0.29) is 18.3 Å². The summed E-state index contributed by atoms with van der Waals surface area (Å²) in [4.78, 5) is 14.0. The van der Waals surface area contributed by atoms with Crippen molar-refractivity contribution in [1.82, 2.24) is 10.2 Å². The molecule has 0 radical (unpaired) electrons. The summed E-state index contributed by atoms with van der Waals surface area (Å²) in [6, 6.07) is 5.88. The molecule has 4 nitrogen and oxygen atoms in total. The van der Waals surface area contributed by atoms with Crippen LogP contribution in [0.1, 0.15) is 19.3 Å². The minimum Gasteiger partial charge on any atom is -0.484 e. The number of carbonyl (C=O) groups is 1. The van der Waals surface area contributed by atoms with Gasteiger partial charge in [-0.25, -0.2) is 4.39 Å². The van der Waals surface area contributed by atoms with E-state index in [1.165, 1.54) is 18.6 Å². The molecule has 1 amide bonds. The molecule has 21 heavy (non-hydrogen) atoms. The van der Waals surface area contributed by atoms with Gasteiger partial charge in [0.05, 0.1) is 0 Å². The van der Waals surface area contributed by atoms with E-state index in [0.29, 0.717) is 11.2 Å². The molecule has 0 atom stereocenters. The van der Waals surface area contributed by atoms with Gasteiger partial charge in [0.1, 0.15) is 11.6 Å². The first-order chi connectivity index (χ1) is 10.2. The summed E-state index contributed by atoms with van der Waals surface area (Å²) in [6.07, 6.45) is 3.34. The van der Waals surface area contributed by atoms with Gasteiger partial charge < -0.3 is 15.0 Å². The summed E-state index contributed by atoms with van der Waals surface area (Å²) >= 11 is 0. The second-order valence-electron chi connectivity index (χ2n) is 6.05. The standard InChI is InChI=1S/C16H21FN2O2/c17-13-2-1-3-14(10-13)21-11-15(20)19-8-5-16(6-9-19)4-7-18-12-16/h1-3,10,18H,4-9,11-12H2. The van der Waals surface area contributed by atoms with Crippen molar-refractivity contribution in [2.45, 2.75) is 19.3 Å². The molecule has 2 fully saturated rings. The molecule has 3 rings (SSSR count). The average Bonchev–Trinajstić information content (AvgIpc) is 2.94.